The second kappa shape index (κ2) is 4.41. The topological polar surface area (TPSA) is 38.3 Å². The Hall–Kier alpha value is -1.49. The van der Waals surface area contributed by atoms with Crippen LogP contribution in [0.4, 0.5) is 14.5 Å². The first-order valence-corrected chi connectivity index (χ1v) is 5.42. The number of nitrogens with one attached hydrogen (secondary N) is 1. The summed E-state index contributed by atoms with van der Waals surface area (Å²) in [4.78, 5) is 11.9. The maximum absolute atomic E-state index is 13.3. The number of hydrogen-bond donors (Lipinski definition) is 1. The first-order chi connectivity index (χ1) is 8.09. The summed E-state index contributed by atoms with van der Waals surface area (Å²) in [6.45, 7) is 2.44. The van der Waals surface area contributed by atoms with Gasteiger partial charge in [0.05, 0.1) is 18.6 Å². The highest BCUT2D eigenvalue weighted by Gasteiger charge is 2.44. The third-order valence-corrected chi connectivity index (χ3v) is 3.12. The Kier molecular flexibility index (Phi) is 3.11. The summed E-state index contributed by atoms with van der Waals surface area (Å²) in [7, 11) is 0. The van der Waals surface area contributed by atoms with Crippen LogP contribution < -0.4 is 5.32 Å². The number of benzene rings is 1. The van der Waals surface area contributed by atoms with E-state index in [1.165, 1.54) is 6.07 Å². The van der Waals surface area contributed by atoms with Gasteiger partial charge in [-0.25, -0.2) is 8.78 Å². The van der Waals surface area contributed by atoms with Gasteiger partial charge in [-0.15, -0.1) is 0 Å². The van der Waals surface area contributed by atoms with Crippen LogP contribution in [0.2, 0.25) is 0 Å². The Morgan fingerprint density at radius 1 is 1.41 bits per heavy atom. The summed E-state index contributed by atoms with van der Waals surface area (Å²) in [6.07, 6.45) is 0.578. The lowest BCUT2D eigenvalue weighted by atomic mass is 9.82. The van der Waals surface area contributed by atoms with E-state index in [2.05, 4.69) is 5.32 Å². The maximum atomic E-state index is 13.3. The molecule has 0 saturated carbocycles. The molecule has 5 heteroatoms. The van der Waals surface area contributed by atoms with Gasteiger partial charge >= 0.3 is 0 Å². The second-order valence-corrected chi connectivity index (χ2v) is 4.18. The first kappa shape index (κ1) is 12.0. The van der Waals surface area contributed by atoms with Crippen molar-refractivity contribution in [3.05, 3.63) is 29.8 Å². The Labute approximate surface area is 97.8 Å². The predicted molar refractivity (Wildman–Crippen MR) is 58.5 cm³/mol. The zero-order valence-corrected chi connectivity index (χ0v) is 9.43. The van der Waals surface area contributed by atoms with Crippen molar-refractivity contribution in [1.29, 1.82) is 0 Å². The highest BCUT2D eigenvalue weighted by molar-refractivity contribution is 5.96. The summed E-state index contributed by atoms with van der Waals surface area (Å²) in [5.41, 5.74) is -1.04. The van der Waals surface area contributed by atoms with Crippen LogP contribution in [0.15, 0.2) is 18.2 Å². The Balaban J connectivity index is 2.18. The molecule has 1 amide bonds. The fourth-order valence-corrected chi connectivity index (χ4v) is 1.71. The summed E-state index contributed by atoms with van der Waals surface area (Å²) < 4.78 is 31.7. The van der Waals surface area contributed by atoms with Gasteiger partial charge in [0.1, 0.15) is 17.3 Å². The SMILES string of the molecule is CCC1(C(=O)Nc2c(F)cccc2F)COC1. The van der Waals surface area contributed by atoms with Crippen molar-refractivity contribution in [2.24, 2.45) is 5.41 Å². The molecule has 1 N–H and O–H groups in total. The van der Waals surface area contributed by atoms with Crippen LogP contribution in [0.5, 0.6) is 0 Å². The van der Waals surface area contributed by atoms with Gasteiger partial charge in [-0.05, 0) is 18.6 Å². The van der Waals surface area contributed by atoms with Gasteiger partial charge in [0.25, 0.3) is 0 Å². The molecule has 2 rings (SSSR count). The minimum atomic E-state index is -0.773. The molecule has 0 radical (unpaired) electrons. The average molecular weight is 241 g/mol. The molecule has 0 spiro atoms. The number of carbonyl (C=O) groups is 1. The molecule has 17 heavy (non-hydrogen) atoms. The van der Waals surface area contributed by atoms with Crippen LogP contribution in [-0.4, -0.2) is 19.1 Å². The minimum Gasteiger partial charge on any atom is -0.379 e. The Bertz CT molecular complexity index is 418. The molecule has 1 fully saturated rings. The van der Waals surface area contributed by atoms with E-state index in [0.717, 1.165) is 12.1 Å². The van der Waals surface area contributed by atoms with E-state index in [4.69, 9.17) is 4.74 Å². The largest absolute Gasteiger partial charge is 0.379 e. The number of halogens is 2. The smallest absolute Gasteiger partial charge is 0.235 e. The van der Waals surface area contributed by atoms with Crippen LogP contribution in [0.25, 0.3) is 0 Å². The van der Waals surface area contributed by atoms with Gasteiger partial charge in [-0.3, -0.25) is 4.79 Å². The number of ether oxygens (including phenoxy) is 1. The molecule has 0 bridgehead atoms. The standard InChI is InChI=1S/C12H13F2NO2/c1-2-12(6-17-7-12)11(16)15-10-8(13)4-3-5-9(10)14/h3-5H,2,6-7H2,1H3,(H,15,16). The number of para-hydroxylation sites is 1. The van der Waals surface area contributed by atoms with Crippen molar-refractivity contribution in [1.82, 2.24) is 0 Å². The van der Waals surface area contributed by atoms with Gasteiger partial charge in [0.15, 0.2) is 0 Å². The normalized spacial score (nSPS) is 17.4. The van der Waals surface area contributed by atoms with E-state index in [-0.39, 0.29) is 0 Å². The van der Waals surface area contributed by atoms with E-state index in [0.29, 0.717) is 19.6 Å². The molecule has 1 aliphatic rings. The van der Waals surface area contributed by atoms with Crippen molar-refractivity contribution in [3.8, 4) is 0 Å². The molecule has 92 valence electrons. The van der Waals surface area contributed by atoms with Crippen LogP contribution in [0, 0.1) is 17.0 Å². The van der Waals surface area contributed by atoms with Gasteiger partial charge < -0.3 is 10.1 Å². The zero-order chi connectivity index (χ0) is 12.5. The van der Waals surface area contributed by atoms with Crippen LogP contribution in [0.1, 0.15) is 13.3 Å². The molecule has 1 saturated heterocycles. The molecule has 0 atom stereocenters. The molecular weight excluding hydrogens is 228 g/mol. The van der Waals surface area contributed by atoms with Crippen LogP contribution >= 0.6 is 0 Å². The predicted octanol–water partition coefficient (Wildman–Crippen LogP) is 2.33. The fraction of sp³-hybridized carbons (Fsp3) is 0.417. The van der Waals surface area contributed by atoms with Crippen LogP contribution in [0.3, 0.4) is 0 Å². The molecule has 0 aliphatic carbocycles. The number of rotatable bonds is 3. The second-order valence-electron chi connectivity index (χ2n) is 4.18. The summed E-state index contributed by atoms with van der Waals surface area (Å²) >= 11 is 0. The molecule has 1 heterocycles. The Morgan fingerprint density at radius 3 is 2.41 bits per heavy atom. The summed E-state index contributed by atoms with van der Waals surface area (Å²) in [6, 6.07) is 3.46. The van der Waals surface area contributed by atoms with Crippen molar-refractivity contribution < 1.29 is 18.3 Å². The van der Waals surface area contributed by atoms with E-state index in [1.54, 1.807) is 0 Å². The first-order valence-electron chi connectivity index (χ1n) is 5.42. The average Bonchev–Trinajstić information content (AvgIpc) is 2.23. The third kappa shape index (κ3) is 2.02. The van der Waals surface area contributed by atoms with E-state index < -0.39 is 28.6 Å². The van der Waals surface area contributed by atoms with Gasteiger partial charge in [-0.2, -0.15) is 0 Å². The highest BCUT2D eigenvalue weighted by Crippen LogP contribution is 2.33. The molecule has 1 aromatic carbocycles. The number of hydrogen-bond acceptors (Lipinski definition) is 2. The molecular formula is C12H13F2NO2. The van der Waals surface area contributed by atoms with Crippen molar-refractivity contribution >= 4 is 11.6 Å². The zero-order valence-electron chi connectivity index (χ0n) is 9.43. The number of anilines is 1. The van der Waals surface area contributed by atoms with E-state index >= 15 is 0 Å². The van der Waals surface area contributed by atoms with Crippen molar-refractivity contribution in [2.75, 3.05) is 18.5 Å². The summed E-state index contributed by atoms with van der Waals surface area (Å²) in [5.74, 6) is -1.94. The molecule has 1 aromatic rings. The number of amides is 1. The lowest BCUT2D eigenvalue weighted by Gasteiger charge is -2.38. The van der Waals surface area contributed by atoms with E-state index in [9.17, 15) is 13.6 Å². The molecule has 0 aromatic heterocycles. The monoisotopic (exact) mass is 241 g/mol. The van der Waals surface area contributed by atoms with Crippen molar-refractivity contribution in [3.63, 3.8) is 0 Å². The molecule has 0 unspecified atom stereocenters. The van der Waals surface area contributed by atoms with Gasteiger partial charge in [-0.1, -0.05) is 13.0 Å². The quantitative estimate of drug-likeness (QED) is 0.882. The summed E-state index contributed by atoms with van der Waals surface area (Å²) in [5, 5.41) is 2.30. The lowest BCUT2D eigenvalue weighted by molar-refractivity contribution is -0.156. The highest BCUT2D eigenvalue weighted by atomic mass is 19.1. The Morgan fingerprint density at radius 2 is 2.00 bits per heavy atom. The lowest BCUT2D eigenvalue weighted by Crippen LogP contribution is -2.51. The van der Waals surface area contributed by atoms with E-state index in [1.807, 2.05) is 6.92 Å². The number of carbonyl (C=O) groups excluding carboxylic acids is 1. The molecule has 1 aliphatic heterocycles. The minimum absolute atomic E-state index is 0.297. The molecule has 3 nitrogen and oxygen atoms in total. The third-order valence-electron chi connectivity index (χ3n) is 3.12. The van der Waals surface area contributed by atoms with Gasteiger partial charge in [0.2, 0.25) is 5.91 Å². The van der Waals surface area contributed by atoms with Crippen LogP contribution in [-0.2, 0) is 9.53 Å². The fourth-order valence-electron chi connectivity index (χ4n) is 1.71. The van der Waals surface area contributed by atoms with Gasteiger partial charge in [0, 0.05) is 0 Å². The van der Waals surface area contributed by atoms with Crippen molar-refractivity contribution in [2.45, 2.75) is 13.3 Å². The maximum Gasteiger partial charge on any atom is 0.235 e.